The minimum Gasteiger partial charge on any atom is -0.495 e. The highest BCUT2D eigenvalue weighted by atomic mass is 32.2. The Balaban J connectivity index is 2.81. The molecule has 1 heterocycles. The van der Waals surface area contributed by atoms with Gasteiger partial charge < -0.3 is 4.74 Å². The van der Waals surface area contributed by atoms with E-state index >= 15 is 0 Å². The molecule has 2 rings (SSSR count). The minimum absolute atomic E-state index is 0.933. The fourth-order valence-electron chi connectivity index (χ4n) is 1.41. The molecule has 0 N–H and O–H groups in total. The van der Waals surface area contributed by atoms with Crippen LogP contribution in [-0.4, -0.2) is 13.4 Å². The molecule has 1 aromatic carbocycles. The van der Waals surface area contributed by atoms with Crippen molar-refractivity contribution in [2.75, 3.05) is 13.4 Å². The van der Waals surface area contributed by atoms with Crippen molar-refractivity contribution in [2.45, 2.75) is 9.79 Å². The van der Waals surface area contributed by atoms with E-state index in [1.165, 1.54) is 15.0 Å². The molecular weight excluding hydrogens is 232 g/mol. The Morgan fingerprint density at radius 1 is 1.43 bits per heavy atom. The highest BCUT2D eigenvalue weighted by Crippen LogP contribution is 2.40. The summed E-state index contributed by atoms with van der Waals surface area (Å²) in [6.07, 6.45) is 2.08. The summed E-state index contributed by atoms with van der Waals surface area (Å²) in [7, 11) is 1.70. The smallest absolute Gasteiger partial charge is 0.136 e. The molecule has 0 aliphatic carbocycles. The first-order chi connectivity index (χ1) is 6.77. The molecule has 0 aliphatic rings. The lowest BCUT2D eigenvalue weighted by Gasteiger charge is -2.05. The standard InChI is InChI=1S/C10H10OS3/c1-11-6-3-4-8(13-2)9-7(12)5-14-10(6)9/h3-5,12H,1-2H3. The van der Waals surface area contributed by atoms with Gasteiger partial charge in [0.25, 0.3) is 0 Å². The molecule has 0 unspecified atom stereocenters. The fraction of sp³-hybridized carbons (Fsp3) is 0.200. The Morgan fingerprint density at radius 3 is 2.86 bits per heavy atom. The van der Waals surface area contributed by atoms with E-state index in [1.807, 2.05) is 6.07 Å². The summed E-state index contributed by atoms with van der Waals surface area (Å²) in [6, 6.07) is 4.09. The number of rotatable bonds is 2. The van der Waals surface area contributed by atoms with Gasteiger partial charge in [0, 0.05) is 20.6 Å². The summed E-state index contributed by atoms with van der Waals surface area (Å²) in [5, 5.41) is 3.26. The highest BCUT2D eigenvalue weighted by Gasteiger charge is 2.10. The molecule has 2 aromatic rings. The number of hydrogen-bond acceptors (Lipinski definition) is 4. The van der Waals surface area contributed by atoms with Gasteiger partial charge in [-0.1, -0.05) is 0 Å². The van der Waals surface area contributed by atoms with E-state index in [-0.39, 0.29) is 0 Å². The Labute approximate surface area is 96.9 Å². The lowest BCUT2D eigenvalue weighted by atomic mass is 10.2. The van der Waals surface area contributed by atoms with Crippen molar-refractivity contribution in [1.82, 2.24) is 0 Å². The third-order valence-electron chi connectivity index (χ3n) is 2.07. The first-order valence-corrected chi connectivity index (χ1v) is 6.64. The van der Waals surface area contributed by atoms with E-state index in [1.54, 1.807) is 30.2 Å². The molecule has 1 nitrogen and oxygen atoms in total. The molecule has 0 atom stereocenters. The van der Waals surface area contributed by atoms with Crippen molar-refractivity contribution in [3.8, 4) is 5.75 Å². The van der Waals surface area contributed by atoms with Gasteiger partial charge in [-0.15, -0.1) is 35.7 Å². The zero-order valence-electron chi connectivity index (χ0n) is 7.90. The molecule has 0 saturated heterocycles. The van der Waals surface area contributed by atoms with Crippen LogP contribution in [0.2, 0.25) is 0 Å². The number of thiol groups is 1. The lowest BCUT2D eigenvalue weighted by molar-refractivity contribution is 0.420. The van der Waals surface area contributed by atoms with Crippen molar-refractivity contribution in [1.29, 1.82) is 0 Å². The molecule has 4 heteroatoms. The van der Waals surface area contributed by atoms with Gasteiger partial charge >= 0.3 is 0 Å². The summed E-state index contributed by atoms with van der Waals surface area (Å²) in [5.41, 5.74) is 0. The minimum atomic E-state index is 0.933. The Kier molecular flexibility index (Phi) is 2.95. The van der Waals surface area contributed by atoms with Crippen LogP contribution in [0.3, 0.4) is 0 Å². The third kappa shape index (κ3) is 1.51. The quantitative estimate of drug-likeness (QED) is 0.631. The van der Waals surface area contributed by atoms with Gasteiger partial charge in [-0.05, 0) is 18.4 Å². The number of thioether (sulfide) groups is 1. The molecule has 14 heavy (non-hydrogen) atoms. The molecule has 0 radical (unpaired) electrons. The van der Waals surface area contributed by atoms with E-state index in [0.717, 1.165) is 10.6 Å². The second kappa shape index (κ2) is 4.04. The number of fused-ring (bicyclic) bond motifs is 1. The second-order valence-electron chi connectivity index (χ2n) is 2.80. The van der Waals surface area contributed by atoms with Gasteiger partial charge in [0.05, 0.1) is 11.8 Å². The van der Waals surface area contributed by atoms with E-state index in [0.29, 0.717) is 0 Å². The summed E-state index contributed by atoms with van der Waals surface area (Å²) < 4.78 is 6.49. The van der Waals surface area contributed by atoms with Crippen LogP contribution in [0.4, 0.5) is 0 Å². The van der Waals surface area contributed by atoms with E-state index < -0.39 is 0 Å². The van der Waals surface area contributed by atoms with Gasteiger partial charge in [0.1, 0.15) is 5.75 Å². The molecule has 74 valence electrons. The number of benzene rings is 1. The predicted molar refractivity (Wildman–Crippen MR) is 67.4 cm³/mol. The van der Waals surface area contributed by atoms with Crippen molar-refractivity contribution in [2.24, 2.45) is 0 Å². The topological polar surface area (TPSA) is 9.23 Å². The maximum Gasteiger partial charge on any atom is 0.136 e. The van der Waals surface area contributed by atoms with E-state index in [2.05, 4.69) is 30.3 Å². The van der Waals surface area contributed by atoms with Crippen molar-refractivity contribution >= 4 is 45.8 Å². The molecule has 0 saturated carbocycles. The maximum atomic E-state index is 5.31. The second-order valence-corrected chi connectivity index (χ2v) is 5.00. The number of ether oxygens (including phenoxy) is 1. The van der Waals surface area contributed by atoms with Gasteiger partial charge in [-0.2, -0.15) is 0 Å². The van der Waals surface area contributed by atoms with Crippen LogP contribution in [0, 0.1) is 0 Å². The van der Waals surface area contributed by atoms with Crippen LogP contribution in [0.5, 0.6) is 5.75 Å². The van der Waals surface area contributed by atoms with Crippen LogP contribution >= 0.6 is 35.7 Å². The Hall–Kier alpha value is -0.320. The zero-order valence-corrected chi connectivity index (χ0v) is 10.4. The van der Waals surface area contributed by atoms with Gasteiger partial charge in [0.2, 0.25) is 0 Å². The maximum absolute atomic E-state index is 5.31. The molecule has 0 aliphatic heterocycles. The molecule has 1 aromatic heterocycles. The van der Waals surface area contributed by atoms with Gasteiger partial charge in [0.15, 0.2) is 0 Å². The van der Waals surface area contributed by atoms with Crippen molar-refractivity contribution in [3.05, 3.63) is 17.5 Å². The molecule has 0 bridgehead atoms. The van der Waals surface area contributed by atoms with Crippen LogP contribution < -0.4 is 4.74 Å². The van der Waals surface area contributed by atoms with E-state index in [9.17, 15) is 0 Å². The monoisotopic (exact) mass is 242 g/mol. The molecule has 0 fully saturated rings. The van der Waals surface area contributed by atoms with Crippen molar-refractivity contribution in [3.63, 3.8) is 0 Å². The molecule has 0 spiro atoms. The SMILES string of the molecule is COc1ccc(SC)c2c(S)csc12. The predicted octanol–water partition coefficient (Wildman–Crippen LogP) is 3.92. The average Bonchev–Trinajstić information content (AvgIpc) is 2.60. The Bertz CT molecular complexity index is 462. The first kappa shape index (κ1) is 10.2. The summed E-state index contributed by atoms with van der Waals surface area (Å²) >= 11 is 7.87. The average molecular weight is 242 g/mol. The highest BCUT2D eigenvalue weighted by molar-refractivity contribution is 7.98. The van der Waals surface area contributed by atoms with Crippen molar-refractivity contribution < 1.29 is 4.74 Å². The molecular formula is C10H10OS3. The third-order valence-corrected chi connectivity index (χ3v) is 4.37. The van der Waals surface area contributed by atoms with E-state index in [4.69, 9.17) is 4.74 Å². The number of methoxy groups -OCH3 is 1. The normalized spacial score (nSPS) is 10.8. The largest absolute Gasteiger partial charge is 0.495 e. The summed E-state index contributed by atoms with van der Waals surface area (Å²) in [5.74, 6) is 0.933. The van der Waals surface area contributed by atoms with Crippen LogP contribution in [0.25, 0.3) is 10.1 Å². The fourth-order valence-corrected chi connectivity index (χ4v) is 3.59. The van der Waals surface area contributed by atoms with Crippen LogP contribution in [0.15, 0.2) is 27.3 Å². The van der Waals surface area contributed by atoms with Crippen LogP contribution in [-0.2, 0) is 0 Å². The van der Waals surface area contributed by atoms with Gasteiger partial charge in [-0.3, -0.25) is 0 Å². The number of thiophene rings is 1. The van der Waals surface area contributed by atoms with Gasteiger partial charge in [-0.25, -0.2) is 0 Å². The van der Waals surface area contributed by atoms with Crippen LogP contribution in [0.1, 0.15) is 0 Å². The molecule has 0 amide bonds. The first-order valence-electron chi connectivity index (χ1n) is 4.09. The summed E-state index contributed by atoms with van der Waals surface area (Å²) in [4.78, 5) is 2.29. The lowest BCUT2D eigenvalue weighted by Crippen LogP contribution is -1.83. The number of hydrogen-bond donors (Lipinski definition) is 1. The summed E-state index contributed by atoms with van der Waals surface area (Å²) in [6.45, 7) is 0. The zero-order chi connectivity index (χ0) is 10.1. The Morgan fingerprint density at radius 2 is 2.21 bits per heavy atom.